The molecule has 12 rings (SSSR count). The summed E-state index contributed by atoms with van der Waals surface area (Å²) in [4.78, 5) is 32.0. The van der Waals surface area contributed by atoms with Crippen LogP contribution in [0.2, 0.25) is 0 Å². The van der Waals surface area contributed by atoms with E-state index in [0.29, 0.717) is 61.5 Å². The Hall–Kier alpha value is -3.18. The molecule has 52 heavy (non-hydrogen) atoms. The average Bonchev–Trinajstić information content (AvgIpc) is 4.06. The topological polar surface area (TPSA) is 118 Å². The molecule has 6 aliphatic carbocycles. The summed E-state index contributed by atoms with van der Waals surface area (Å²) in [5.74, 6) is 4.00. The number of likely N-dealkylation sites (tertiary alicyclic amines) is 2. The van der Waals surface area contributed by atoms with Crippen molar-refractivity contribution in [2.45, 2.75) is 123 Å². The molecular weight excluding hydrogens is 660 g/mol. The van der Waals surface area contributed by atoms with Gasteiger partial charge in [0, 0.05) is 49.1 Å². The standard InChI is InChI=1S/C42H48N2O8/c45-27-9-11-41(47)31-19-25-5-7-29(35-33(25)39(41,37(27)51-35)13-15-43(31)21-23-1-2-23)49-17-18-50-30-8-6-26-20-32-42(48)12-10-28(46)38-40(42,34(26)36(30)52-38)14-16-44(32)22-24-3-4-24/h5-8,23-24,31-32,37-38,47-48H,1-4,9-22H2/t31-,32?,37+,38+,39+,40+,41-,42-/m1/s1. The summed E-state index contributed by atoms with van der Waals surface area (Å²) in [6.45, 7) is 4.25. The fraction of sp³-hybridized carbons (Fsp3) is 0.667. The van der Waals surface area contributed by atoms with Gasteiger partial charge in [-0.25, -0.2) is 0 Å². The van der Waals surface area contributed by atoms with Gasteiger partial charge in [0.25, 0.3) is 0 Å². The first-order chi connectivity index (χ1) is 25.2. The first-order valence-electron chi connectivity index (χ1n) is 20.1. The lowest BCUT2D eigenvalue weighted by Gasteiger charge is -2.62. The number of aliphatic hydroxyl groups is 2. The van der Waals surface area contributed by atoms with E-state index < -0.39 is 34.2 Å². The second-order valence-electron chi connectivity index (χ2n) is 18.1. The van der Waals surface area contributed by atoms with E-state index in [1.54, 1.807) is 0 Å². The van der Waals surface area contributed by atoms with Crippen LogP contribution >= 0.6 is 0 Å². The van der Waals surface area contributed by atoms with E-state index >= 15 is 0 Å². The van der Waals surface area contributed by atoms with Crippen LogP contribution in [-0.4, -0.2) is 106 Å². The zero-order valence-corrected chi connectivity index (χ0v) is 29.7. The summed E-state index contributed by atoms with van der Waals surface area (Å²) in [5.41, 5.74) is 0.819. The van der Waals surface area contributed by atoms with Crippen LogP contribution in [0.15, 0.2) is 24.3 Å². The SMILES string of the molecule is O=C1CC[C@@]2(O)C3Cc4ccc(OCCOc5ccc6c7c5O[C@H]5C(=O)CC[C@@]8(O)[C@@H](C6)N(CC6CC6)CC[C@]758)c5c4[C@@]2(CCN3CC2CC2)[C@H]1O5. The van der Waals surface area contributed by atoms with Crippen LogP contribution in [-0.2, 0) is 33.3 Å². The van der Waals surface area contributed by atoms with Crippen LogP contribution in [0.3, 0.4) is 0 Å². The normalized spacial score (nSPS) is 40.5. The zero-order chi connectivity index (χ0) is 34.8. The number of ether oxygens (including phenoxy) is 4. The fourth-order valence-corrected chi connectivity index (χ4v) is 13.0. The second-order valence-corrected chi connectivity index (χ2v) is 18.1. The van der Waals surface area contributed by atoms with Gasteiger partial charge in [-0.3, -0.25) is 19.4 Å². The molecule has 10 nitrogen and oxygen atoms in total. The van der Waals surface area contributed by atoms with Gasteiger partial charge in [-0.15, -0.1) is 0 Å². The molecule has 2 N–H and O–H groups in total. The van der Waals surface area contributed by atoms with Gasteiger partial charge in [-0.05, 0) is 112 Å². The number of Topliss-reactive ketones (excluding diaryl/α,β-unsaturated/α-hetero) is 2. The number of benzene rings is 2. The summed E-state index contributed by atoms with van der Waals surface area (Å²) in [6, 6.07) is 8.14. The maximum Gasteiger partial charge on any atom is 0.174 e. The molecule has 2 aromatic rings. The minimum atomic E-state index is -1.01. The number of nitrogens with zero attached hydrogens (tertiary/aromatic N) is 2. The molecule has 0 amide bonds. The van der Waals surface area contributed by atoms with E-state index in [4.69, 9.17) is 18.9 Å². The number of carbonyl (C=O) groups excluding carboxylic acids is 2. The molecule has 10 aliphatic rings. The number of piperidine rings is 2. The summed E-state index contributed by atoms with van der Waals surface area (Å²) in [7, 11) is 0. The van der Waals surface area contributed by atoms with E-state index in [0.717, 1.165) is 73.1 Å². The van der Waals surface area contributed by atoms with Crippen LogP contribution < -0.4 is 18.9 Å². The maximum absolute atomic E-state index is 13.5. The molecule has 0 aromatic heterocycles. The summed E-state index contributed by atoms with van der Waals surface area (Å²) in [5, 5.41) is 25.2. The molecule has 2 saturated heterocycles. The van der Waals surface area contributed by atoms with Crippen LogP contribution in [0.5, 0.6) is 23.0 Å². The van der Waals surface area contributed by atoms with Gasteiger partial charge in [0.15, 0.2) is 46.8 Å². The van der Waals surface area contributed by atoms with Crippen molar-refractivity contribution >= 4 is 11.6 Å². The molecule has 1 unspecified atom stereocenters. The molecule has 4 bridgehead atoms. The van der Waals surface area contributed by atoms with Gasteiger partial charge in [0.05, 0.1) is 22.0 Å². The Balaban J connectivity index is 0.818. The number of rotatable bonds is 9. The summed E-state index contributed by atoms with van der Waals surface area (Å²) < 4.78 is 26.0. The summed E-state index contributed by atoms with van der Waals surface area (Å²) >= 11 is 0. The number of hydrogen-bond acceptors (Lipinski definition) is 10. The third-order valence-corrected chi connectivity index (χ3v) is 15.7. The van der Waals surface area contributed by atoms with Crippen molar-refractivity contribution in [3.63, 3.8) is 0 Å². The molecule has 4 saturated carbocycles. The Kier molecular flexibility index (Phi) is 6.19. The van der Waals surface area contributed by atoms with Crippen molar-refractivity contribution in [3.05, 3.63) is 46.5 Å². The van der Waals surface area contributed by atoms with Crippen molar-refractivity contribution in [1.29, 1.82) is 0 Å². The lowest BCUT2D eigenvalue weighted by atomic mass is 9.49. The highest BCUT2D eigenvalue weighted by molar-refractivity contribution is 5.91. The highest BCUT2D eigenvalue weighted by Gasteiger charge is 2.74. The van der Waals surface area contributed by atoms with E-state index in [1.165, 1.54) is 25.7 Å². The monoisotopic (exact) mass is 708 g/mol. The van der Waals surface area contributed by atoms with Crippen LogP contribution in [0.1, 0.15) is 86.5 Å². The number of ketones is 2. The first kappa shape index (κ1) is 31.2. The number of carbonyl (C=O) groups is 2. The molecule has 2 aromatic carbocycles. The van der Waals surface area contributed by atoms with Crippen LogP contribution in [0.4, 0.5) is 0 Å². The number of hydrogen-bond donors (Lipinski definition) is 2. The van der Waals surface area contributed by atoms with Crippen molar-refractivity contribution in [2.75, 3.05) is 39.4 Å². The predicted octanol–water partition coefficient (Wildman–Crippen LogP) is 3.41. The molecule has 4 aliphatic heterocycles. The quantitative estimate of drug-likeness (QED) is 0.376. The molecule has 10 heteroatoms. The zero-order valence-electron chi connectivity index (χ0n) is 29.7. The summed E-state index contributed by atoms with van der Waals surface area (Å²) in [6.07, 6.45) is 8.24. The van der Waals surface area contributed by atoms with Crippen molar-refractivity contribution < 1.29 is 38.7 Å². The van der Waals surface area contributed by atoms with E-state index in [1.807, 2.05) is 12.1 Å². The average molecular weight is 709 g/mol. The lowest BCUT2D eigenvalue weighted by Crippen LogP contribution is -2.76. The van der Waals surface area contributed by atoms with Crippen molar-refractivity contribution in [2.24, 2.45) is 11.8 Å². The Morgan fingerprint density at radius 3 is 1.52 bits per heavy atom. The highest BCUT2D eigenvalue weighted by atomic mass is 16.6. The molecule has 2 spiro atoms. The first-order valence-corrected chi connectivity index (χ1v) is 20.1. The maximum atomic E-state index is 13.5. The van der Waals surface area contributed by atoms with Crippen molar-refractivity contribution in [3.8, 4) is 23.0 Å². The molecule has 6 fully saturated rings. The van der Waals surface area contributed by atoms with Gasteiger partial charge in [0.1, 0.15) is 13.2 Å². The third-order valence-electron chi connectivity index (χ3n) is 15.7. The van der Waals surface area contributed by atoms with E-state index in [-0.39, 0.29) is 36.9 Å². The van der Waals surface area contributed by atoms with E-state index in [9.17, 15) is 19.8 Å². The highest BCUT2D eigenvalue weighted by Crippen LogP contribution is 2.67. The largest absolute Gasteiger partial charge is 0.486 e. The molecule has 274 valence electrons. The molecule has 4 heterocycles. The van der Waals surface area contributed by atoms with Crippen LogP contribution in [0, 0.1) is 11.8 Å². The Labute approximate surface area is 303 Å². The van der Waals surface area contributed by atoms with Gasteiger partial charge in [0.2, 0.25) is 0 Å². The minimum absolute atomic E-state index is 0.00818. The van der Waals surface area contributed by atoms with Crippen molar-refractivity contribution in [1.82, 2.24) is 9.80 Å². The lowest BCUT2D eigenvalue weighted by molar-refractivity contribution is -0.188. The smallest absolute Gasteiger partial charge is 0.174 e. The van der Waals surface area contributed by atoms with Gasteiger partial charge in [-0.2, -0.15) is 0 Å². The molecule has 8 atom stereocenters. The molecular formula is C42H48N2O8. The van der Waals surface area contributed by atoms with Gasteiger partial charge < -0.3 is 29.2 Å². The van der Waals surface area contributed by atoms with E-state index in [2.05, 4.69) is 21.9 Å². The Morgan fingerprint density at radius 1 is 0.654 bits per heavy atom. The predicted molar refractivity (Wildman–Crippen MR) is 187 cm³/mol. The minimum Gasteiger partial charge on any atom is -0.486 e. The van der Waals surface area contributed by atoms with Crippen LogP contribution in [0.25, 0.3) is 0 Å². The third kappa shape index (κ3) is 3.75. The van der Waals surface area contributed by atoms with Gasteiger partial charge in [-0.1, -0.05) is 12.1 Å². The Morgan fingerprint density at radius 2 is 1.10 bits per heavy atom. The Bertz CT molecular complexity index is 1800. The second kappa shape index (κ2) is 10.3. The molecule has 0 radical (unpaired) electrons. The fourth-order valence-electron chi connectivity index (χ4n) is 13.0. The van der Waals surface area contributed by atoms with Gasteiger partial charge >= 0.3 is 0 Å².